The second-order valence-electron chi connectivity index (χ2n) is 12.7. The van der Waals surface area contributed by atoms with Gasteiger partial charge in [-0.25, -0.2) is 9.78 Å². The number of nitrogens with two attached hydrogens (primary N) is 1. The third kappa shape index (κ3) is 12.8. The summed E-state index contributed by atoms with van der Waals surface area (Å²) >= 11 is 0. The van der Waals surface area contributed by atoms with Gasteiger partial charge in [0.25, 0.3) is 0 Å². The molecule has 2 aliphatic heterocycles. The summed E-state index contributed by atoms with van der Waals surface area (Å²) < 4.78 is 35.7. The minimum Gasteiger partial charge on any atom is -0.434 e. The highest BCUT2D eigenvalue weighted by Crippen LogP contribution is 2.39. The molecule has 1 unspecified atom stereocenters. The van der Waals surface area contributed by atoms with Crippen molar-refractivity contribution in [1.82, 2.24) is 9.97 Å². The van der Waals surface area contributed by atoms with E-state index in [4.69, 9.17) is 31.1 Å². The van der Waals surface area contributed by atoms with E-state index >= 15 is 0 Å². The zero-order valence-corrected chi connectivity index (χ0v) is 27.7. The van der Waals surface area contributed by atoms with Crippen LogP contribution in [0.15, 0.2) is 4.99 Å². The van der Waals surface area contributed by atoms with Crippen LogP contribution in [0.3, 0.4) is 0 Å². The molecule has 3 N–H and O–H groups in total. The van der Waals surface area contributed by atoms with Gasteiger partial charge >= 0.3 is 12.2 Å². The maximum Gasteiger partial charge on any atom is 0.510 e. The van der Waals surface area contributed by atoms with Gasteiger partial charge in [0, 0.05) is 18.7 Å². The van der Waals surface area contributed by atoms with Crippen LogP contribution >= 0.6 is 0 Å². The Labute approximate surface area is 274 Å². The Balaban J connectivity index is 1.24. The Morgan fingerprint density at radius 1 is 1.07 bits per heavy atom. The summed E-state index contributed by atoms with van der Waals surface area (Å²) in [6.45, 7) is 2.01. The number of carbonyl (C=O) groups is 1. The molecule has 1 aromatic rings. The summed E-state index contributed by atoms with van der Waals surface area (Å²) in [6.07, 6.45) is 25.7. The number of anilines is 1. The molecule has 0 amide bonds. The lowest BCUT2D eigenvalue weighted by molar-refractivity contribution is -0.116. The topological polar surface area (TPSA) is 138 Å². The molecule has 0 radical (unpaired) electrons. The third-order valence-electron chi connectivity index (χ3n) is 9.03. The molecular formula is C35H55FN4O6. The molecule has 1 saturated heterocycles. The second-order valence-corrected chi connectivity index (χ2v) is 12.7. The first-order chi connectivity index (χ1) is 22.4. The summed E-state index contributed by atoms with van der Waals surface area (Å²) in [5, 5.41) is 10.1. The van der Waals surface area contributed by atoms with Crippen molar-refractivity contribution in [2.45, 2.75) is 134 Å². The maximum atomic E-state index is 13.6. The van der Waals surface area contributed by atoms with Crippen LogP contribution in [-0.2, 0) is 25.4 Å². The highest BCUT2D eigenvalue weighted by Gasteiger charge is 2.48. The van der Waals surface area contributed by atoms with Crippen LogP contribution in [0.1, 0.15) is 122 Å². The van der Waals surface area contributed by atoms with Gasteiger partial charge in [0.05, 0.1) is 25.0 Å². The lowest BCUT2D eigenvalue weighted by Crippen LogP contribution is -2.41. The number of aliphatic hydroxyl groups excluding tert-OH is 1. The van der Waals surface area contributed by atoms with Gasteiger partial charge in [-0.05, 0) is 38.0 Å². The summed E-state index contributed by atoms with van der Waals surface area (Å²) in [6, 6.07) is 0. The van der Waals surface area contributed by atoms with E-state index < -0.39 is 17.8 Å². The summed E-state index contributed by atoms with van der Waals surface area (Å²) in [5.74, 6) is 2.34. The molecule has 0 aromatic carbocycles. The fourth-order valence-electron chi connectivity index (χ4n) is 6.34. The van der Waals surface area contributed by atoms with Gasteiger partial charge in [-0.1, -0.05) is 96.3 Å². The first-order valence-electron chi connectivity index (χ1n) is 17.4. The Morgan fingerprint density at radius 3 is 2.35 bits per heavy atom. The molecule has 1 fully saturated rings. The van der Waals surface area contributed by atoms with Crippen LogP contribution in [0, 0.1) is 30.3 Å². The van der Waals surface area contributed by atoms with Crippen molar-refractivity contribution in [3.05, 3.63) is 11.8 Å². The largest absolute Gasteiger partial charge is 0.510 e. The number of ether oxygens (including phenoxy) is 4. The highest BCUT2D eigenvalue weighted by atomic mass is 19.1. The maximum absolute atomic E-state index is 13.6. The molecule has 258 valence electrons. The van der Waals surface area contributed by atoms with E-state index in [1.807, 2.05) is 0 Å². The van der Waals surface area contributed by atoms with Crippen LogP contribution in [0.4, 0.5) is 20.7 Å². The average Bonchev–Trinajstić information content (AvgIpc) is 3.27. The fourth-order valence-corrected chi connectivity index (χ4v) is 6.34. The van der Waals surface area contributed by atoms with E-state index in [0.717, 1.165) is 19.3 Å². The van der Waals surface area contributed by atoms with Crippen LogP contribution < -0.4 is 5.73 Å². The minimum absolute atomic E-state index is 0.00770. The Kier molecular flexibility index (Phi) is 17.3. The van der Waals surface area contributed by atoms with E-state index in [-0.39, 0.29) is 43.8 Å². The molecule has 46 heavy (non-hydrogen) atoms. The van der Waals surface area contributed by atoms with E-state index in [0.29, 0.717) is 43.7 Å². The number of rotatable bonds is 22. The van der Waals surface area contributed by atoms with Crippen molar-refractivity contribution in [3.63, 3.8) is 0 Å². The number of terminal acetylenes is 1. The minimum atomic E-state index is -1.16. The number of unbranched alkanes of at least 4 members (excludes halogenated alkanes) is 13. The first kappa shape index (κ1) is 37.6. The van der Waals surface area contributed by atoms with Crippen LogP contribution in [0.2, 0.25) is 0 Å². The van der Waals surface area contributed by atoms with E-state index in [1.54, 1.807) is 6.21 Å². The highest BCUT2D eigenvalue weighted by molar-refractivity contribution is 5.73. The molecule has 11 heteroatoms. The molecule has 10 nitrogen and oxygen atoms in total. The number of nitrogen functional groups attached to an aromatic ring is 1. The molecule has 3 heterocycles. The third-order valence-corrected chi connectivity index (χ3v) is 9.03. The molecular weight excluding hydrogens is 591 g/mol. The van der Waals surface area contributed by atoms with Gasteiger partial charge in [-0.3, -0.25) is 4.99 Å². The van der Waals surface area contributed by atoms with Gasteiger partial charge in [0.2, 0.25) is 0 Å². The van der Waals surface area contributed by atoms with Crippen molar-refractivity contribution in [1.29, 1.82) is 0 Å². The molecule has 0 bridgehead atoms. The number of hydrogen-bond donors (Lipinski definition) is 2. The number of fused-ring (bicyclic) bond motifs is 1. The fraction of sp³-hybridized carbons (Fsp3) is 0.771. The number of carbonyl (C=O) groups excluding carboxylic acids is 1. The normalized spacial score (nSPS) is 22.3. The molecule has 3 rings (SSSR count). The van der Waals surface area contributed by atoms with Gasteiger partial charge in [0.1, 0.15) is 5.69 Å². The number of aliphatic hydroxyl groups is 1. The first-order valence-corrected chi connectivity index (χ1v) is 17.4. The Bertz CT molecular complexity index is 1120. The zero-order valence-electron chi connectivity index (χ0n) is 27.7. The van der Waals surface area contributed by atoms with Gasteiger partial charge < -0.3 is 29.8 Å². The van der Waals surface area contributed by atoms with Crippen molar-refractivity contribution in [2.75, 3.05) is 32.3 Å². The summed E-state index contributed by atoms with van der Waals surface area (Å²) in [7, 11) is 0. The zero-order chi connectivity index (χ0) is 33.0. The van der Waals surface area contributed by atoms with Gasteiger partial charge in [0.15, 0.2) is 18.2 Å². The van der Waals surface area contributed by atoms with Gasteiger partial charge in [-0.2, -0.15) is 9.37 Å². The van der Waals surface area contributed by atoms with Crippen LogP contribution in [0.5, 0.6) is 0 Å². The van der Waals surface area contributed by atoms with E-state index in [9.17, 15) is 14.3 Å². The second kappa shape index (κ2) is 21.1. The molecule has 0 saturated carbocycles. The number of nitrogens with zero attached hydrogens (tertiary/aromatic N) is 3. The average molecular weight is 647 g/mol. The molecule has 1 aromatic heterocycles. The number of halogens is 1. The summed E-state index contributed by atoms with van der Waals surface area (Å²) in [5.41, 5.74) is 5.55. The lowest BCUT2D eigenvalue weighted by Gasteiger charge is -2.28. The lowest BCUT2D eigenvalue weighted by atomic mass is 9.87. The number of aliphatic imine (C=N–C) groups is 1. The number of aromatic nitrogens is 2. The smallest absolute Gasteiger partial charge is 0.434 e. The predicted octanol–water partition coefficient (Wildman–Crippen LogP) is 7.23. The van der Waals surface area contributed by atoms with Crippen LogP contribution in [0.25, 0.3) is 0 Å². The van der Waals surface area contributed by atoms with Gasteiger partial charge in [-0.15, -0.1) is 6.42 Å². The molecule has 0 aliphatic carbocycles. The Hall–Kier alpha value is -2.81. The quantitative estimate of drug-likeness (QED) is 0.0439. The van der Waals surface area contributed by atoms with E-state index in [1.165, 1.54) is 70.6 Å². The van der Waals surface area contributed by atoms with E-state index in [2.05, 4.69) is 27.8 Å². The SMILES string of the molecule is C#C[C@]1(COCOC(=O)OCCCCCCCCCCCCCCCC)O[C@@H](CC2C=Nc3c(N)nc(F)nc3CC2)C[C@@H]1CO. The van der Waals surface area contributed by atoms with Crippen molar-refractivity contribution in [3.8, 4) is 12.3 Å². The predicted molar refractivity (Wildman–Crippen MR) is 176 cm³/mol. The van der Waals surface area contributed by atoms with Crippen molar-refractivity contribution in [2.24, 2.45) is 16.8 Å². The molecule has 2 aliphatic rings. The van der Waals surface area contributed by atoms with Crippen LogP contribution in [-0.4, -0.2) is 65.8 Å². The summed E-state index contributed by atoms with van der Waals surface area (Å²) in [4.78, 5) is 23.8. The standard InChI is InChI=1S/C35H55FN4O6/c1-3-5-6-7-8-9-10-11-12-13-14-15-16-17-20-44-34(42)45-26-43-25-35(4-2)28(24-41)22-29(46-35)21-27-18-19-30-31(38-23-27)32(37)40-33(36)39-30/h2,23,27-29,41H,3,5-22,24-26H2,1H3,(H2,37,39,40)/t27?,28-,29+,35-/m1/s1. The monoisotopic (exact) mass is 646 g/mol. The van der Waals surface area contributed by atoms with Crippen molar-refractivity contribution < 1.29 is 33.2 Å². The number of hydrogen-bond acceptors (Lipinski definition) is 10. The Morgan fingerprint density at radius 2 is 1.72 bits per heavy atom. The molecule has 0 spiro atoms. The van der Waals surface area contributed by atoms with Crippen molar-refractivity contribution >= 4 is 23.9 Å². The number of aryl methyl sites for hydroxylation is 1. The molecule has 4 atom stereocenters.